The molecule has 3 nitrogen and oxygen atoms in total. The molecule has 2 fully saturated rings. The van der Waals surface area contributed by atoms with E-state index in [2.05, 4.69) is 31.0 Å². The van der Waals surface area contributed by atoms with Crippen molar-refractivity contribution in [2.45, 2.75) is 65.0 Å². The van der Waals surface area contributed by atoms with Gasteiger partial charge in [-0.05, 0) is 57.4 Å². The molecule has 1 saturated heterocycles. The predicted molar refractivity (Wildman–Crippen MR) is 85.1 cm³/mol. The van der Waals surface area contributed by atoms with Gasteiger partial charge in [-0.2, -0.15) is 0 Å². The molecule has 1 aliphatic heterocycles. The topological polar surface area (TPSA) is 24.5 Å². The highest BCUT2D eigenvalue weighted by Crippen LogP contribution is 2.30. The van der Waals surface area contributed by atoms with Gasteiger partial charge in [-0.25, -0.2) is 0 Å². The fourth-order valence-corrected chi connectivity index (χ4v) is 3.88. The lowest BCUT2D eigenvalue weighted by Gasteiger charge is -2.38. The number of ether oxygens (including phenoxy) is 1. The largest absolute Gasteiger partial charge is 0.377 e. The number of nitrogens with one attached hydrogen (secondary N) is 1. The summed E-state index contributed by atoms with van der Waals surface area (Å²) < 4.78 is 5.78. The molecule has 4 unspecified atom stereocenters. The summed E-state index contributed by atoms with van der Waals surface area (Å²) in [6.45, 7) is 12.6. The van der Waals surface area contributed by atoms with Gasteiger partial charge in [-0.3, -0.25) is 0 Å². The molecule has 1 aliphatic carbocycles. The zero-order valence-electron chi connectivity index (χ0n) is 13.7. The normalized spacial score (nSPS) is 36.8. The van der Waals surface area contributed by atoms with Crippen LogP contribution in [0.3, 0.4) is 0 Å². The monoisotopic (exact) mass is 282 g/mol. The van der Waals surface area contributed by atoms with Crippen molar-refractivity contribution < 1.29 is 4.74 Å². The highest BCUT2D eigenvalue weighted by atomic mass is 16.5. The van der Waals surface area contributed by atoms with Crippen LogP contribution in [-0.4, -0.2) is 49.8 Å². The molecular formula is C17H34N2O. The highest BCUT2D eigenvalue weighted by molar-refractivity contribution is 4.86. The SMILES string of the molecule is CCCNC1CCC(C)CC1CN1CCCOC(C)C1. The van der Waals surface area contributed by atoms with Gasteiger partial charge < -0.3 is 15.0 Å². The van der Waals surface area contributed by atoms with E-state index in [0.717, 1.165) is 31.0 Å². The number of hydrogen-bond donors (Lipinski definition) is 1. The number of hydrogen-bond acceptors (Lipinski definition) is 3. The van der Waals surface area contributed by atoms with Crippen molar-refractivity contribution >= 4 is 0 Å². The first kappa shape index (κ1) is 16.3. The summed E-state index contributed by atoms with van der Waals surface area (Å²) in [4.78, 5) is 2.65. The van der Waals surface area contributed by atoms with Crippen LogP contribution in [0.15, 0.2) is 0 Å². The molecule has 3 heteroatoms. The lowest BCUT2D eigenvalue weighted by Crippen LogP contribution is -2.46. The fraction of sp³-hybridized carbons (Fsp3) is 1.00. The minimum absolute atomic E-state index is 0.403. The molecule has 1 N–H and O–H groups in total. The molecule has 0 bridgehead atoms. The Bertz CT molecular complexity index is 270. The Kier molecular flexibility index (Phi) is 6.79. The molecule has 20 heavy (non-hydrogen) atoms. The van der Waals surface area contributed by atoms with Crippen LogP contribution in [0.5, 0.6) is 0 Å². The molecule has 0 aromatic rings. The third kappa shape index (κ3) is 5.01. The fourth-order valence-electron chi connectivity index (χ4n) is 3.88. The van der Waals surface area contributed by atoms with E-state index in [1.165, 1.54) is 51.7 Å². The summed E-state index contributed by atoms with van der Waals surface area (Å²) in [5.74, 6) is 1.73. The van der Waals surface area contributed by atoms with Crippen molar-refractivity contribution in [2.75, 3.05) is 32.8 Å². The van der Waals surface area contributed by atoms with E-state index in [1.807, 2.05) is 0 Å². The summed E-state index contributed by atoms with van der Waals surface area (Å²) >= 11 is 0. The molecule has 1 saturated carbocycles. The zero-order chi connectivity index (χ0) is 14.4. The molecule has 2 aliphatic rings. The Labute approximate surface area is 125 Å². The van der Waals surface area contributed by atoms with Crippen LogP contribution >= 0.6 is 0 Å². The van der Waals surface area contributed by atoms with Crippen LogP contribution in [0, 0.1) is 11.8 Å². The predicted octanol–water partition coefficient (Wildman–Crippen LogP) is 2.90. The third-order valence-electron chi connectivity index (χ3n) is 4.93. The van der Waals surface area contributed by atoms with Crippen molar-refractivity contribution in [3.63, 3.8) is 0 Å². The van der Waals surface area contributed by atoms with Crippen LogP contribution in [0.25, 0.3) is 0 Å². The summed E-state index contributed by atoms with van der Waals surface area (Å²) in [6, 6.07) is 0.741. The highest BCUT2D eigenvalue weighted by Gasteiger charge is 2.30. The molecular weight excluding hydrogens is 248 g/mol. The standard InChI is InChI=1S/C17H34N2O/c1-4-8-18-17-7-6-14(2)11-16(17)13-19-9-5-10-20-15(3)12-19/h14-18H,4-13H2,1-3H3. The van der Waals surface area contributed by atoms with Crippen molar-refractivity contribution in [1.29, 1.82) is 0 Å². The molecule has 1 heterocycles. The molecule has 0 aromatic carbocycles. The van der Waals surface area contributed by atoms with Crippen LogP contribution in [-0.2, 0) is 4.74 Å². The lowest BCUT2D eigenvalue weighted by atomic mass is 9.78. The minimum atomic E-state index is 0.403. The van der Waals surface area contributed by atoms with Crippen LogP contribution < -0.4 is 5.32 Å². The van der Waals surface area contributed by atoms with Gasteiger partial charge >= 0.3 is 0 Å². The third-order valence-corrected chi connectivity index (χ3v) is 4.93. The van der Waals surface area contributed by atoms with Crippen molar-refractivity contribution in [3.05, 3.63) is 0 Å². The molecule has 4 atom stereocenters. The average Bonchev–Trinajstić information content (AvgIpc) is 2.62. The quantitative estimate of drug-likeness (QED) is 0.839. The van der Waals surface area contributed by atoms with Gasteiger partial charge in [-0.1, -0.05) is 13.8 Å². The van der Waals surface area contributed by atoms with E-state index in [-0.39, 0.29) is 0 Å². The maximum Gasteiger partial charge on any atom is 0.0673 e. The second-order valence-corrected chi connectivity index (χ2v) is 7.03. The van der Waals surface area contributed by atoms with Gasteiger partial charge in [0.25, 0.3) is 0 Å². The van der Waals surface area contributed by atoms with Gasteiger partial charge in [0.2, 0.25) is 0 Å². The molecule has 0 amide bonds. The first-order chi connectivity index (χ1) is 9.69. The van der Waals surface area contributed by atoms with Gasteiger partial charge in [0.15, 0.2) is 0 Å². The minimum Gasteiger partial charge on any atom is -0.377 e. The van der Waals surface area contributed by atoms with E-state index in [9.17, 15) is 0 Å². The van der Waals surface area contributed by atoms with Crippen molar-refractivity contribution in [1.82, 2.24) is 10.2 Å². The zero-order valence-corrected chi connectivity index (χ0v) is 13.7. The van der Waals surface area contributed by atoms with Gasteiger partial charge in [0.05, 0.1) is 6.10 Å². The van der Waals surface area contributed by atoms with E-state index in [4.69, 9.17) is 4.74 Å². The van der Waals surface area contributed by atoms with Crippen molar-refractivity contribution in [2.24, 2.45) is 11.8 Å². The van der Waals surface area contributed by atoms with Crippen LogP contribution in [0.2, 0.25) is 0 Å². The Morgan fingerprint density at radius 1 is 1.25 bits per heavy atom. The molecule has 0 radical (unpaired) electrons. The molecule has 2 rings (SSSR count). The van der Waals surface area contributed by atoms with Gasteiger partial charge in [-0.15, -0.1) is 0 Å². The maximum absolute atomic E-state index is 5.78. The summed E-state index contributed by atoms with van der Waals surface area (Å²) in [7, 11) is 0. The first-order valence-corrected chi connectivity index (χ1v) is 8.76. The molecule has 0 aromatic heterocycles. The Balaban J connectivity index is 1.88. The Morgan fingerprint density at radius 2 is 2.10 bits per heavy atom. The van der Waals surface area contributed by atoms with E-state index < -0.39 is 0 Å². The van der Waals surface area contributed by atoms with Gasteiger partial charge in [0.1, 0.15) is 0 Å². The van der Waals surface area contributed by atoms with E-state index in [0.29, 0.717) is 6.10 Å². The smallest absolute Gasteiger partial charge is 0.0673 e. The van der Waals surface area contributed by atoms with E-state index >= 15 is 0 Å². The average molecular weight is 282 g/mol. The second-order valence-electron chi connectivity index (χ2n) is 7.03. The molecule has 0 spiro atoms. The Morgan fingerprint density at radius 3 is 2.90 bits per heavy atom. The molecule has 118 valence electrons. The van der Waals surface area contributed by atoms with E-state index in [1.54, 1.807) is 0 Å². The maximum atomic E-state index is 5.78. The van der Waals surface area contributed by atoms with Crippen LogP contribution in [0.1, 0.15) is 52.9 Å². The first-order valence-electron chi connectivity index (χ1n) is 8.76. The summed E-state index contributed by atoms with van der Waals surface area (Å²) in [6.07, 6.45) is 7.00. The Hall–Kier alpha value is -0.120. The summed E-state index contributed by atoms with van der Waals surface area (Å²) in [5, 5.41) is 3.80. The van der Waals surface area contributed by atoms with Crippen molar-refractivity contribution in [3.8, 4) is 0 Å². The van der Waals surface area contributed by atoms with Crippen LogP contribution in [0.4, 0.5) is 0 Å². The van der Waals surface area contributed by atoms with Gasteiger partial charge in [0, 0.05) is 32.3 Å². The number of rotatable bonds is 5. The summed E-state index contributed by atoms with van der Waals surface area (Å²) in [5.41, 5.74) is 0. The second kappa shape index (κ2) is 8.35. The lowest BCUT2D eigenvalue weighted by molar-refractivity contribution is 0.0611. The number of nitrogens with zero attached hydrogens (tertiary/aromatic N) is 1.